The maximum Gasteiger partial charge on any atom is 0.259 e. The van der Waals surface area contributed by atoms with Gasteiger partial charge in [0, 0.05) is 14.0 Å². The monoisotopic (exact) mass is 535 g/mol. The van der Waals surface area contributed by atoms with Gasteiger partial charge in [-0.1, -0.05) is 41.9 Å². The van der Waals surface area contributed by atoms with Crippen molar-refractivity contribution in [1.29, 1.82) is 0 Å². The van der Waals surface area contributed by atoms with E-state index in [4.69, 9.17) is 16.3 Å². The number of para-hydroxylation sites is 1. The molecule has 0 saturated heterocycles. The van der Waals surface area contributed by atoms with E-state index in [1.165, 1.54) is 0 Å². The molecule has 0 radical (unpaired) electrons. The van der Waals surface area contributed by atoms with Crippen molar-refractivity contribution in [3.05, 3.63) is 86.3 Å². The van der Waals surface area contributed by atoms with Crippen LogP contribution < -0.4 is 15.5 Å². The molecule has 0 aliphatic carbocycles. The topological polar surface area (TPSA) is 62.7 Å². The molecule has 0 aromatic heterocycles. The van der Waals surface area contributed by atoms with Gasteiger partial charge in [-0.25, -0.2) is 5.43 Å². The van der Waals surface area contributed by atoms with Crippen molar-refractivity contribution in [2.45, 2.75) is 0 Å². The van der Waals surface area contributed by atoms with E-state index < -0.39 is 0 Å². The fraction of sp³-hybridized carbons (Fsp3) is 0.0476. The minimum Gasteiger partial charge on any atom is -0.457 e. The van der Waals surface area contributed by atoms with Crippen LogP contribution in [0.1, 0.15) is 5.56 Å². The number of carbonyl (C=O) groups is 1. The number of nitrogens with zero attached hydrogens (tertiary/aromatic N) is 1. The van der Waals surface area contributed by atoms with E-state index in [2.05, 4.69) is 47.7 Å². The van der Waals surface area contributed by atoms with Crippen LogP contribution in [0.15, 0.2) is 80.8 Å². The van der Waals surface area contributed by atoms with Crippen LogP contribution in [0.5, 0.6) is 11.5 Å². The Balaban J connectivity index is 1.53. The van der Waals surface area contributed by atoms with E-state index in [1.807, 2.05) is 54.6 Å². The van der Waals surface area contributed by atoms with Crippen molar-refractivity contribution in [2.24, 2.45) is 5.10 Å². The highest BCUT2D eigenvalue weighted by Gasteiger charge is 2.08. The van der Waals surface area contributed by atoms with Crippen LogP contribution in [0.2, 0.25) is 5.02 Å². The summed E-state index contributed by atoms with van der Waals surface area (Å²) in [5, 5.41) is 7.62. The van der Waals surface area contributed by atoms with Gasteiger partial charge in [-0.05, 0) is 73.8 Å². The molecule has 0 unspecified atom stereocenters. The van der Waals surface area contributed by atoms with Crippen molar-refractivity contribution >= 4 is 61.3 Å². The number of nitrogens with one attached hydrogen (secondary N) is 2. The van der Waals surface area contributed by atoms with Crippen molar-refractivity contribution < 1.29 is 9.53 Å². The van der Waals surface area contributed by atoms with Crippen LogP contribution in [0, 0.1) is 0 Å². The molecule has 0 fully saturated rings. The van der Waals surface area contributed by atoms with E-state index in [0.29, 0.717) is 10.8 Å². The highest BCUT2D eigenvalue weighted by Crippen LogP contribution is 2.34. The number of hydrogen-bond acceptors (Lipinski definition) is 4. The third kappa shape index (κ3) is 6.59. The predicted molar refractivity (Wildman–Crippen MR) is 124 cm³/mol. The summed E-state index contributed by atoms with van der Waals surface area (Å²) in [5.41, 5.74) is 4.03. The number of carbonyl (C=O) groups excluding carboxylic acids is 1. The summed E-state index contributed by atoms with van der Waals surface area (Å²) < 4.78 is 7.29. The molecule has 2 N–H and O–H groups in total. The number of benzene rings is 3. The van der Waals surface area contributed by atoms with Gasteiger partial charge in [0.2, 0.25) is 0 Å². The predicted octanol–water partition coefficient (Wildman–Crippen LogP) is 6.22. The van der Waals surface area contributed by atoms with Gasteiger partial charge >= 0.3 is 0 Å². The third-order valence-corrected chi connectivity index (χ3v) is 5.14. The summed E-state index contributed by atoms with van der Waals surface area (Å²) in [5.74, 6) is 1.15. The summed E-state index contributed by atoms with van der Waals surface area (Å²) in [6.07, 6.45) is 1.56. The molecule has 0 aliphatic rings. The molecule has 3 aromatic carbocycles. The van der Waals surface area contributed by atoms with Gasteiger partial charge in [-0.15, -0.1) is 0 Å². The van der Waals surface area contributed by atoms with Gasteiger partial charge in [0.15, 0.2) is 0 Å². The average Bonchev–Trinajstić information content (AvgIpc) is 2.68. The molecule has 8 heteroatoms. The fourth-order valence-corrected chi connectivity index (χ4v) is 4.33. The summed E-state index contributed by atoms with van der Waals surface area (Å²) in [7, 11) is 0. The molecule has 3 aromatic rings. The van der Waals surface area contributed by atoms with E-state index >= 15 is 0 Å². The number of anilines is 1. The van der Waals surface area contributed by atoms with E-state index in [-0.39, 0.29) is 12.5 Å². The number of rotatable bonds is 7. The van der Waals surface area contributed by atoms with Crippen molar-refractivity contribution in [3.8, 4) is 11.5 Å². The van der Waals surface area contributed by atoms with Gasteiger partial charge in [-0.3, -0.25) is 4.79 Å². The fourth-order valence-electron chi connectivity index (χ4n) is 2.38. The number of hydrazone groups is 1. The molecule has 148 valence electrons. The zero-order valence-corrected chi connectivity index (χ0v) is 19.0. The second-order valence-corrected chi connectivity index (χ2v) is 8.02. The van der Waals surface area contributed by atoms with Crippen LogP contribution in [-0.4, -0.2) is 18.7 Å². The molecule has 0 aliphatic heterocycles. The Labute approximate surface area is 190 Å². The molecular formula is C21H16Br2ClN3O2. The average molecular weight is 538 g/mol. The van der Waals surface area contributed by atoms with Gasteiger partial charge < -0.3 is 10.1 Å². The first kappa shape index (κ1) is 21.4. The lowest BCUT2D eigenvalue weighted by Gasteiger charge is -2.10. The van der Waals surface area contributed by atoms with Gasteiger partial charge in [0.05, 0.1) is 18.4 Å². The standard InChI is InChI=1S/C21H16Br2ClN3O2/c22-18-10-15(24)11-19(23)21(18)25-13-20(28)27-26-12-14-5-4-8-17(9-14)29-16-6-2-1-3-7-16/h1-12,25H,13H2,(H,27,28). The van der Waals surface area contributed by atoms with E-state index in [0.717, 1.165) is 25.9 Å². The molecule has 0 saturated carbocycles. The highest BCUT2D eigenvalue weighted by atomic mass is 79.9. The molecule has 1 amide bonds. The number of hydrogen-bond donors (Lipinski definition) is 2. The van der Waals surface area contributed by atoms with Gasteiger partial charge in [-0.2, -0.15) is 5.10 Å². The van der Waals surface area contributed by atoms with Crippen LogP contribution in [0.25, 0.3) is 0 Å². The Kier molecular flexibility index (Phi) is 7.69. The molecule has 0 bridgehead atoms. The lowest BCUT2D eigenvalue weighted by atomic mass is 10.2. The van der Waals surface area contributed by atoms with Crippen LogP contribution >= 0.6 is 43.5 Å². The molecular weight excluding hydrogens is 522 g/mol. The maximum atomic E-state index is 12.0. The largest absolute Gasteiger partial charge is 0.457 e. The van der Waals surface area contributed by atoms with Gasteiger partial charge in [0.1, 0.15) is 11.5 Å². The lowest BCUT2D eigenvalue weighted by molar-refractivity contribution is -0.119. The molecule has 5 nitrogen and oxygen atoms in total. The zero-order chi connectivity index (χ0) is 20.6. The third-order valence-electron chi connectivity index (χ3n) is 3.67. The molecule has 3 rings (SSSR count). The Morgan fingerprint density at radius 1 is 1.00 bits per heavy atom. The lowest BCUT2D eigenvalue weighted by Crippen LogP contribution is -2.26. The second kappa shape index (κ2) is 10.4. The second-order valence-electron chi connectivity index (χ2n) is 5.88. The van der Waals surface area contributed by atoms with Crippen LogP contribution in [-0.2, 0) is 4.79 Å². The van der Waals surface area contributed by atoms with Crippen molar-refractivity contribution in [1.82, 2.24) is 5.43 Å². The smallest absolute Gasteiger partial charge is 0.259 e. The summed E-state index contributed by atoms with van der Waals surface area (Å²) in [4.78, 5) is 12.0. The molecule has 0 spiro atoms. The number of ether oxygens (including phenoxy) is 1. The quantitative estimate of drug-likeness (QED) is 0.278. The highest BCUT2D eigenvalue weighted by molar-refractivity contribution is 9.11. The summed E-state index contributed by atoms with van der Waals surface area (Å²) >= 11 is 12.8. The molecule has 0 heterocycles. The van der Waals surface area contributed by atoms with Crippen LogP contribution in [0.4, 0.5) is 5.69 Å². The Morgan fingerprint density at radius 2 is 1.69 bits per heavy atom. The molecule has 29 heavy (non-hydrogen) atoms. The normalized spacial score (nSPS) is 10.7. The Bertz CT molecular complexity index is 1010. The maximum absolute atomic E-state index is 12.0. The van der Waals surface area contributed by atoms with Crippen molar-refractivity contribution in [3.63, 3.8) is 0 Å². The van der Waals surface area contributed by atoms with Gasteiger partial charge in [0.25, 0.3) is 5.91 Å². The van der Waals surface area contributed by atoms with Crippen LogP contribution in [0.3, 0.4) is 0 Å². The zero-order valence-electron chi connectivity index (χ0n) is 15.0. The Hall–Kier alpha value is -2.35. The minimum atomic E-state index is -0.285. The summed E-state index contributed by atoms with van der Waals surface area (Å²) in [6, 6.07) is 20.4. The first-order chi connectivity index (χ1) is 14.0. The number of amides is 1. The first-order valence-electron chi connectivity index (χ1n) is 8.54. The first-order valence-corrected chi connectivity index (χ1v) is 10.5. The molecule has 0 atom stereocenters. The van der Waals surface area contributed by atoms with Crippen molar-refractivity contribution in [2.75, 3.05) is 11.9 Å². The van der Waals surface area contributed by atoms with E-state index in [9.17, 15) is 4.79 Å². The number of halogens is 3. The Morgan fingerprint density at radius 3 is 2.41 bits per heavy atom. The minimum absolute atomic E-state index is 0.0489. The van der Waals surface area contributed by atoms with E-state index in [1.54, 1.807) is 18.3 Å². The summed E-state index contributed by atoms with van der Waals surface area (Å²) in [6.45, 7) is 0.0489. The SMILES string of the molecule is O=C(CNc1c(Br)cc(Cl)cc1Br)NN=Cc1cccc(Oc2ccccc2)c1.